The molecule has 0 fully saturated rings. The molecule has 7 nitrogen and oxygen atoms in total. The molecule has 18 heavy (non-hydrogen) atoms. The summed E-state index contributed by atoms with van der Waals surface area (Å²) in [5, 5.41) is 15.3. The maximum Gasteiger partial charge on any atom is 0.305 e. The van der Waals surface area contributed by atoms with Gasteiger partial charge in [-0.3, -0.25) is 14.3 Å². The SMILES string of the molecule is CN(C)CCNC(=O)c1ccnn1CCC(=O)O. The van der Waals surface area contributed by atoms with Gasteiger partial charge in [-0.05, 0) is 20.2 Å². The third-order valence-electron chi connectivity index (χ3n) is 2.33. The van der Waals surface area contributed by atoms with Gasteiger partial charge in [0.2, 0.25) is 0 Å². The minimum absolute atomic E-state index is 0.0559. The van der Waals surface area contributed by atoms with E-state index < -0.39 is 5.97 Å². The van der Waals surface area contributed by atoms with Gasteiger partial charge >= 0.3 is 5.97 Å². The molecular weight excluding hydrogens is 236 g/mol. The molecule has 0 bridgehead atoms. The molecule has 0 aliphatic heterocycles. The number of aryl methyl sites for hydroxylation is 1. The highest BCUT2D eigenvalue weighted by Crippen LogP contribution is 2.00. The van der Waals surface area contributed by atoms with E-state index in [0.717, 1.165) is 6.54 Å². The fourth-order valence-corrected chi connectivity index (χ4v) is 1.39. The number of nitrogens with zero attached hydrogens (tertiary/aromatic N) is 3. The van der Waals surface area contributed by atoms with E-state index in [1.54, 1.807) is 6.07 Å². The molecule has 7 heteroatoms. The average molecular weight is 254 g/mol. The summed E-state index contributed by atoms with van der Waals surface area (Å²) in [6, 6.07) is 1.58. The van der Waals surface area contributed by atoms with E-state index in [0.29, 0.717) is 12.2 Å². The van der Waals surface area contributed by atoms with Crippen LogP contribution in [0, 0.1) is 0 Å². The van der Waals surface area contributed by atoms with Crippen molar-refractivity contribution < 1.29 is 14.7 Å². The van der Waals surface area contributed by atoms with Gasteiger partial charge in [-0.25, -0.2) is 0 Å². The van der Waals surface area contributed by atoms with Crippen LogP contribution in [0.15, 0.2) is 12.3 Å². The van der Waals surface area contributed by atoms with Crippen molar-refractivity contribution in [1.82, 2.24) is 20.0 Å². The van der Waals surface area contributed by atoms with E-state index in [9.17, 15) is 9.59 Å². The second-order valence-corrected chi connectivity index (χ2v) is 4.14. The molecule has 100 valence electrons. The van der Waals surface area contributed by atoms with Crippen molar-refractivity contribution in [2.75, 3.05) is 27.2 Å². The molecule has 0 aromatic carbocycles. The zero-order valence-electron chi connectivity index (χ0n) is 10.6. The third kappa shape index (κ3) is 4.54. The quantitative estimate of drug-likeness (QED) is 0.694. The number of carboxylic acid groups (broad SMARTS) is 1. The molecule has 0 radical (unpaired) electrons. The largest absolute Gasteiger partial charge is 0.481 e. The van der Waals surface area contributed by atoms with Crippen LogP contribution in [-0.4, -0.2) is 58.8 Å². The van der Waals surface area contributed by atoms with Crippen LogP contribution in [0.1, 0.15) is 16.9 Å². The Morgan fingerprint density at radius 3 is 2.83 bits per heavy atom. The molecule has 2 N–H and O–H groups in total. The van der Waals surface area contributed by atoms with Crippen LogP contribution in [0.25, 0.3) is 0 Å². The Balaban J connectivity index is 2.52. The van der Waals surface area contributed by atoms with Crippen LogP contribution in [0.4, 0.5) is 0 Å². The number of aliphatic carboxylic acids is 1. The highest BCUT2D eigenvalue weighted by atomic mass is 16.4. The van der Waals surface area contributed by atoms with Gasteiger partial charge < -0.3 is 15.3 Å². The molecule has 0 spiro atoms. The van der Waals surface area contributed by atoms with Crippen LogP contribution >= 0.6 is 0 Å². The van der Waals surface area contributed by atoms with E-state index in [1.165, 1.54) is 10.9 Å². The Morgan fingerprint density at radius 1 is 1.50 bits per heavy atom. The summed E-state index contributed by atoms with van der Waals surface area (Å²) in [6.45, 7) is 1.48. The van der Waals surface area contributed by atoms with Gasteiger partial charge in [-0.15, -0.1) is 0 Å². The van der Waals surface area contributed by atoms with E-state index in [-0.39, 0.29) is 18.9 Å². The molecule has 1 amide bonds. The lowest BCUT2D eigenvalue weighted by molar-refractivity contribution is -0.137. The predicted molar refractivity (Wildman–Crippen MR) is 65.4 cm³/mol. The number of carbonyl (C=O) groups excluding carboxylic acids is 1. The normalized spacial score (nSPS) is 10.6. The van der Waals surface area contributed by atoms with Crippen molar-refractivity contribution in [2.45, 2.75) is 13.0 Å². The Kier molecular flexibility index (Phi) is 5.31. The summed E-state index contributed by atoms with van der Waals surface area (Å²) in [4.78, 5) is 24.3. The van der Waals surface area contributed by atoms with Crippen molar-refractivity contribution in [3.8, 4) is 0 Å². The van der Waals surface area contributed by atoms with Gasteiger partial charge in [0.25, 0.3) is 5.91 Å². The zero-order chi connectivity index (χ0) is 13.5. The first-order valence-corrected chi connectivity index (χ1v) is 5.67. The number of nitrogens with one attached hydrogen (secondary N) is 1. The van der Waals surface area contributed by atoms with Crippen molar-refractivity contribution in [1.29, 1.82) is 0 Å². The Morgan fingerprint density at radius 2 is 2.22 bits per heavy atom. The Bertz CT molecular complexity index is 414. The zero-order valence-corrected chi connectivity index (χ0v) is 10.6. The molecule has 0 atom stereocenters. The summed E-state index contributed by atoms with van der Waals surface area (Å²) in [5.74, 6) is -1.15. The second kappa shape index (κ2) is 6.75. The minimum Gasteiger partial charge on any atom is -0.481 e. The van der Waals surface area contributed by atoms with E-state index in [1.807, 2.05) is 19.0 Å². The standard InChI is InChI=1S/C11H18N4O3/c1-14(2)8-6-12-11(18)9-3-5-13-15(9)7-4-10(16)17/h3,5H,4,6-8H2,1-2H3,(H,12,18)(H,16,17). The van der Waals surface area contributed by atoms with Crippen LogP contribution in [0.2, 0.25) is 0 Å². The van der Waals surface area contributed by atoms with Gasteiger partial charge in [-0.1, -0.05) is 0 Å². The fraction of sp³-hybridized carbons (Fsp3) is 0.545. The molecule has 0 saturated heterocycles. The van der Waals surface area contributed by atoms with Crippen LogP contribution in [-0.2, 0) is 11.3 Å². The molecule has 1 heterocycles. The number of rotatable bonds is 7. The first kappa shape index (κ1) is 14.2. The van der Waals surface area contributed by atoms with Crippen molar-refractivity contribution >= 4 is 11.9 Å². The van der Waals surface area contributed by atoms with Crippen molar-refractivity contribution in [3.63, 3.8) is 0 Å². The summed E-state index contributed by atoms with van der Waals surface area (Å²) < 4.78 is 1.40. The van der Waals surface area contributed by atoms with Crippen LogP contribution in [0.3, 0.4) is 0 Å². The lowest BCUT2D eigenvalue weighted by atomic mass is 10.3. The number of hydrogen-bond acceptors (Lipinski definition) is 4. The number of hydrogen-bond donors (Lipinski definition) is 2. The highest BCUT2D eigenvalue weighted by molar-refractivity contribution is 5.92. The smallest absolute Gasteiger partial charge is 0.305 e. The van der Waals surface area contributed by atoms with Gasteiger partial charge in [-0.2, -0.15) is 5.10 Å². The maximum absolute atomic E-state index is 11.8. The summed E-state index contributed by atoms with van der Waals surface area (Å²) >= 11 is 0. The average Bonchev–Trinajstić information content (AvgIpc) is 2.73. The number of carbonyl (C=O) groups is 2. The topological polar surface area (TPSA) is 87.5 Å². The van der Waals surface area contributed by atoms with Crippen molar-refractivity contribution in [2.24, 2.45) is 0 Å². The predicted octanol–water partition coefficient (Wildman–Crippen LogP) is -0.351. The Hall–Kier alpha value is -1.89. The van der Waals surface area contributed by atoms with Crippen molar-refractivity contribution in [3.05, 3.63) is 18.0 Å². The van der Waals surface area contributed by atoms with Crippen LogP contribution in [0.5, 0.6) is 0 Å². The highest BCUT2D eigenvalue weighted by Gasteiger charge is 2.12. The molecule has 0 unspecified atom stereocenters. The number of amides is 1. The second-order valence-electron chi connectivity index (χ2n) is 4.14. The molecular formula is C11H18N4O3. The van der Waals surface area contributed by atoms with E-state index >= 15 is 0 Å². The molecule has 0 aliphatic carbocycles. The molecule has 1 aromatic heterocycles. The third-order valence-corrected chi connectivity index (χ3v) is 2.33. The summed E-state index contributed by atoms with van der Waals surface area (Å²) in [7, 11) is 3.84. The van der Waals surface area contributed by atoms with E-state index in [4.69, 9.17) is 5.11 Å². The fourth-order valence-electron chi connectivity index (χ4n) is 1.39. The minimum atomic E-state index is -0.913. The van der Waals surface area contributed by atoms with E-state index in [2.05, 4.69) is 10.4 Å². The number of aromatic nitrogens is 2. The monoisotopic (exact) mass is 254 g/mol. The molecule has 0 saturated carbocycles. The number of carboxylic acids is 1. The lowest BCUT2D eigenvalue weighted by Gasteiger charge is -2.11. The first-order valence-electron chi connectivity index (χ1n) is 5.67. The van der Waals surface area contributed by atoms with Gasteiger partial charge in [0, 0.05) is 19.3 Å². The lowest BCUT2D eigenvalue weighted by Crippen LogP contribution is -2.32. The van der Waals surface area contributed by atoms with Gasteiger partial charge in [0.1, 0.15) is 5.69 Å². The number of likely N-dealkylation sites (N-methyl/N-ethyl adjacent to an activating group) is 1. The maximum atomic E-state index is 11.8. The van der Waals surface area contributed by atoms with Crippen LogP contribution < -0.4 is 5.32 Å². The van der Waals surface area contributed by atoms with Gasteiger partial charge in [0.05, 0.1) is 13.0 Å². The molecule has 1 aromatic rings. The first-order chi connectivity index (χ1) is 8.50. The van der Waals surface area contributed by atoms with Gasteiger partial charge in [0.15, 0.2) is 0 Å². The summed E-state index contributed by atoms with van der Waals surface area (Å²) in [5.41, 5.74) is 0.384. The molecule has 1 rings (SSSR count). The molecule has 0 aliphatic rings. The summed E-state index contributed by atoms with van der Waals surface area (Å²) in [6.07, 6.45) is 1.43. The Labute approximate surface area is 105 Å².